The van der Waals surface area contributed by atoms with Crippen molar-refractivity contribution < 1.29 is 19.4 Å². The van der Waals surface area contributed by atoms with Gasteiger partial charge < -0.3 is 9.47 Å². The molecule has 0 radical (unpaired) electrons. The largest absolute Gasteiger partial charge is 0.346 e. The molecule has 0 saturated carbocycles. The zero-order chi connectivity index (χ0) is 16.1. The number of benzene rings is 1. The Morgan fingerprint density at radius 3 is 2.24 bits per heavy atom. The second kappa shape index (κ2) is 4.13. The SMILES string of the molecule is C[C@H](Cn1ccc2cc(S(F)(F)(F)(F)F)ccc21)N(C)C. The molecule has 0 aliphatic rings. The average molecular weight is 328 g/mol. The summed E-state index contributed by atoms with van der Waals surface area (Å²) in [5.74, 6) is 0. The molecule has 0 fully saturated rings. The number of nitrogens with zero attached hydrogens (tertiary/aromatic N) is 2. The van der Waals surface area contributed by atoms with Gasteiger partial charge in [-0.05, 0) is 45.3 Å². The van der Waals surface area contributed by atoms with Crippen molar-refractivity contribution >= 4 is 21.1 Å². The molecule has 0 amide bonds. The van der Waals surface area contributed by atoms with E-state index >= 15 is 0 Å². The molecule has 2 rings (SSSR count). The van der Waals surface area contributed by atoms with E-state index in [-0.39, 0.29) is 11.4 Å². The van der Waals surface area contributed by atoms with Gasteiger partial charge in [0.1, 0.15) is 4.90 Å². The Bertz CT molecular complexity index is 675. The lowest BCUT2D eigenvalue weighted by atomic mass is 10.2. The van der Waals surface area contributed by atoms with Gasteiger partial charge in [-0.1, -0.05) is 19.4 Å². The Balaban J connectivity index is 2.46. The Morgan fingerprint density at radius 2 is 1.71 bits per heavy atom. The van der Waals surface area contributed by atoms with Crippen molar-refractivity contribution in [3.63, 3.8) is 0 Å². The van der Waals surface area contributed by atoms with E-state index in [0.29, 0.717) is 24.2 Å². The van der Waals surface area contributed by atoms with Crippen molar-refractivity contribution in [3.8, 4) is 0 Å². The van der Waals surface area contributed by atoms with Crippen LogP contribution >= 0.6 is 10.2 Å². The molecular formula is C13H17F5N2S. The van der Waals surface area contributed by atoms with Crippen molar-refractivity contribution in [1.29, 1.82) is 0 Å². The molecule has 0 aliphatic heterocycles. The third-order valence-electron chi connectivity index (χ3n) is 3.53. The monoisotopic (exact) mass is 328 g/mol. The molecule has 2 aromatic rings. The topological polar surface area (TPSA) is 8.17 Å². The third kappa shape index (κ3) is 3.49. The highest BCUT2D eigenvalue weighted by atomic mass is 32.5. The molecule has 120 valence electrons. The molecule has 0 saturated heterocycles. The van der Waals surface area contributed by atoms with Crippen LogP contribution in [0.25, 0.3) is 10.9 Å². The summed E-state index contributed by atoms with van der Waals surface area (Å²) in [5, 5.41) is 0.159. The van der Waals surface area contributed by atoms with Gasteiger partial charge in [-0.25, -0.2) is 0 Å². The molecule has 1 aromatic heterocycles. The summed E-state index contributed by atoms with van der Waals surface area (Å²) in [7, 11) is -5.83. The predicted octanol–water partition coefficient (Wildman–Crippen LogP) is 5.25. The molecule has 0 bridgehead atoms. The number of fused-ring (bicyclic) bond motifs is 1. The molecule has 0 N–H and O–H groups in total. The first-order chi connectivity index (χ1) is 9.27. The lowest BCUT2D eigenvalue weighted by molar-refractivity contribution is 0.286. The van der Waals surface area contributed by atoms with Gasteiger partial charge in [0.15, 0.2) is 0 Å². The minimum absolute atomic E-state index is 0.159. The van der Waals surface area contributed by atoms with Gasteiger partial charge >= 0.3 is 10.2 Å². The molecular weight excluding hydrogens is 311 g/mol. The zero-order valence-corrected chi connectivity index (χ0v) is 12.7. The minimum atomic E-state index is -9.62. The van der Waals surface area contributed by atoms with E-state index in [1.807, 2.05) is 25.9 Å². The minimum Gasteiger partial charge on any atom is -0.346 e. The molecule has 0 aliphatic carbocycles. The molecule has 8 heteroatoms. The number of hydrogen-bond acceptors (Lipinski definition) is 1. The molecule has 1 atom stereocenters. The maximum absolute atomic E-state index is 12.8. The standard InChI is InChI=1S/C13H17F5N2S/c1-10(19(2)3)9-20-7-6-11-8-12(4-5-13(11)20)21(14,15,16,17)18/h4-8,10H,9H2,1-3H3/t10-/m1/s1. The second-order valence-electron chi connectivity index (χ2n) is 5.47. The van der Waals surface area contributed by atoms with Crippen molar-refractivity contribution in [2.75, 3.05) is 14.1 Å². The lowest BCUT2D eigenvalue weighted by Crippen LogP contribution is -2.28. The van der Waals surface area contributed by atoms with Crippen LogP contribution in [0.2, 0.25) is 0 Å². The summed E-state index contributed by atoms with van der Waals surface area (Å²) in [6.07, 6.45) is 1.61. The average Bonchev–Trinajstić information content (AvgIpc) is 2.68. The number of likely N-dealkylation sites (N-methyl/N-ethyl adjacent to an activating group) is 1. The van der Waals surface area contributed by atoms with E-state index < -0.39 is 15.1 Å². The summed E-state index contributed by atoms with van der Waals surface area (Å²) < 4.78 is 65.7. The first-order valence-electron chi connectivity index (χ1n) is 6.27. The van der Waals surface area contributed by atoms with Crippen molar-refractivity contribution in [3.05, 3.63) is 30.5 Å². The smallest absolute Gasteiger partial charge is 0.310 e. The third-order valence-corrected chi connectivity index (χ3v) is 4.68. The van der Waals surface area contributed by atoms with Crippen LogP contribution in [0.1, 0.15) is 6.92 Å². The molecule has 0 unspecified atom stereocenters. The van der Waals surface area contributed by atoms with E-state index in [0.717, 1.165) is 6.07 Å². The van der Waals surface area contributed by atoms with Gasteiger partial charge in [-0.15, -0.1) is 0 Å². The van der Waals surface area contributed by atoms with E-state index in [1.54, 1.807) is 10.8 Å². The molecule has 21 heavy (non-hydrogen) atoms. The Hall–Kier alpha value is -1.28. The first kappa shape index (κ1) is 16.1. The summed E-state index contributed by atoms with van der Waals surface area (Å²) in [4.78, 5) is 0.121. The Morgan fingerprint density at radius 1 is 1.10 bits per heavy atom. The number of aromatic nitrogens is 1. The van der Waals surface area contributed by atoms with Gasteiger partial charge in [0.2, 0.25) is 0 Å². The fourth-order valence-corrected chi connectivity index (χ4v) is 2.70. The van der Waals surface area contributed by atoms with Crippen LogP contribution in [0.15, 0.2) is 35.4 Å². The summed E-state index contributed by atoms with van der Waals surface area (Å²) >= 11 is 0. The summed E-state index contributed by atoms with van der Waals surface area (Å²) in [6, 6.07) is 3.67. The highest BCUT2D eigenvalue weighted by molar-refractivity contribution is 8.45. The predicted molar refractivity (Wildman–Crippen MR) is 76.5 cm³/mol. The van der Waals surface area contributed by atoms with Gasteiger partial charge in [-0.3, -0.25) is 0 Å². The normalized spacial score (nSPS) is 17.8. The van der Waals surface area contributed by atoms with Crippen LogP contribution in [0.3, 0.4) is 0 Å². The highest BCUT2D eigenvalue weighted by Gasteiger charge is 2.65. The van der Waals surface area contributed by atoms with Crippen molar-refractivity contribution in [2.24, 2.45) is 0 Å². The van der Waals surface area contributed by atoms with E-state index in [2.05, 4.69) is 0 Å². The van der Waals surface area contributed by atoms with Crippen LogP contribution in [0.4, 0.5) is 19.4 Å². The van der Waals surface area contributed by atoms with Gasteiger partial charge in [0, 0.05) is 29.7 Å². The van der Waals surface area contributed by atoms with Crippen LogP contribution < -0.4 is 0 Å². The van der Waals surface area contributed by atoms with Gasteiger partial charge in [0.25, 0.3) is 0 Å². The van der Waals surface area contributed by atoms with Crippen LogP contribution in [-0.2, 0) is 6.54 Å². The lowest BCUT2D eigenvalue weighted by Gasteiger charge is -2.40. The van der Waals surface area contributed by atoms with Crippen LogP contribution in [0, 0.1) is 0 Å². The summed E-state index contributed by atoms with van der Waals surface area (Å²) in [5.41, 5.74) is 0.509. The second-order valence-corrected chi connectivity index (χ2v) is 7.88. The summed E-state index contributed by atoms with van der Waals surface area (Å²) in [6.45, 7) is 2.53. The maximum atomic E-state index is 12.8. The fourth-order valence-electron chi connectivity index (χ4n) is 2.03. The quantitative estimate of drug-likeness (QED) is 0.696. The Kier molecular flexibility index (Phi) is 3.17. The number of rotatable bonds is 4. The molecule has 0 spiro atoms. The Labute approximate surface area is 119 Å². The number of halogens is 5. The molecule has 1 heterocycles. The van der Waals surface area contributed by atoms with E-state index in [4.69, 9.17) is 0 Å². The number of hydrogen-bond donors (Lipinski definition) is 0. The molecule has 1 aromatic carbocycles. The van der Waals surface area contributed by atoms with Crippen molar-refractivity contribution in [2.45, 2.75) is 24.4 Å². The van der Waals surface area contributed by atoms with E-state index in [1.165, 1.54) is 6.07 Å². The molecule has 2 nitrogen and oxygen atoms in total. The maximum Gasteiger partial charge on any atom is 0.310 e. The van der Waals surface area contributed by atoms with Crippen LogP contribution in [0.5, 0.6) is 0 Å². The zero-order valence-electron chi connectivity index (χ0n) is 11.9. The van der Waals surface area contributed by atoms with E-state index in [9.17, 15) is 19.4 Å². The first-order valence-corrected chi connectivity index (χ1v) is 8.22. The van der Waals surface area contributed by atoms with Crippen molar-refractivity contribution in [1.82, 2.24) is 9.47 Å². The van der Waals surface area contributed by atoms with Crippen LogP contribution in [-0.4, -0.2) is 29.6 Å². The van der Waals surface area contributed by atoms with Gasteiger partial charge in [-0.2, -0.15) is 0 Å². The van der Waals surface area contributed by atoms with Gasteiger partial charge in [0.05, 0.1) is 0 Å². The fraction of sp³-hybridized carbons (Fsp3) is 0.385. The highest BCUT2D eigenvalue weighted by Crippen LogP contribution is 3.02.